The third kappa shape index (κ3) is 6.26. The van der Waals surface area contributed by atoms with Gasteiger partial charge in [-0.3, -0.25) is 4.79 Å². The molecule has 0 radical (unpaired) electrons. The Hall–Kier alpha value is -0.920. The number of carbonyl (C=O) groups is 2. The molecule has 0 bridgehead atoms. The molecule has 0 aromatic rings. The van der Waals surface area contributed by atoms with Crippen molar-refractivity contribution in [3.05, 3.63) is 11.1 Å². The number of unbranched alkanes of at least 4 members (excludes halogenated alkanes) is 1. The van der Waals surface area contributed by atoms with Gasteiger partial charge in [-0.1, -0.05) is 5.57 Å². The Kier molecular flexibility index (Phi) is 6.11. The molecule has 0 unspecified atom stereocenters. The Morgan fingerprint density at radius 2 is 1.62 bits per heavy atom. The number of aldehydes is 1. The van der Waals surface area contributed by atoms with E-state index >= 15 is 0 Å². The molecule has 0 atom stereocenters. The van der Waals surface area contributed by atoms with E-state index in [1.54, 1.807) is 6.92 Å². The van der Waals surface area contributed by atoms with E-state index in [9.17, 15) is 9.59 Å². The van der Waals surface area contributed by atoms with Crippen LogP contribution in [0.4, 0.5) is 0 Å². The van der Waals surface area contributed by atoms with E-state index in [0.29, 0.717) is 6.42 Å². The number of allylic oxidation sites excluding steroid dienone is 2. The minimum atomic E-state index is 0.244. The quantitative estimate of drug-likeness (QED) is 0.359. The lowest BCUT2D eigenvalue weighted by atomic mass is 10.0. The van der Waals surface area contributed by atoms with E-state index in [2.05, 4.69) is 0 Å². The zero-order valence-electron chi connectivity index (χ0n) is 8.72. The van der Waals surface area contributed by atoms with Crippen LogP contribution < -0.4 is 0 Å². The van der Waals surface area contributed by atoms with Crippen LogP contribution in [-0.4, -0.2) is 12.1 Å². The molecule has 0 heterocycles. The Morgan fingerprint density at radius 1 is 1.08 bits per heavy atom. The maximum atomic E-state index is 10.6. The predicted molar refractivity (Wildman–Crippen MR) is 53.6 cm³/mol. The molecule has 0 N–H and O–H groups in total. The highest BCUT2D eigenvalue weighted by Gasteiger charge is 1.97. The van der Waals surface area contributed by atoms with Gasteiger partial charge >= 0.3 is 0 Å². The molecular weight excluding hydrogens is 164 g/mol. The molecule has 0 amide bonds. The molecule has 13 heavy (non-hydrogen) atoms. The summed E-state index contributed by atoms with van der Waals surface area (Å²) in [6.07, 6.45) is 4.40. The molecule has 0 saturated carbocycles. The lowest BCUT2D eigenvalue weighted by molar-refractivity contribution is -0.117. The first kappa shape index (κ1) is 12.1. The number of hydrogen-bond acceptors (Lipinski definition) is 2. The maximum absolute atomic E-state index is 10.6. The van der Waals surface area contributed by atoms with Gasteiger partial charge in [-0.25, -0.2) is 0 Å². The van der Waals surface area contributed by atoms with Crippen LogP contribution in [-0.2, 0) is 9.59 Å². The predicted octanol–water partition coefficient (Wildman–Crippen LogP) is 2.67. The summed E-state index contributed by atoms with van der Waals surface area (Å²) < 4.78 is 0. The number of Topliss-reactive ketones (excluding diaryl/α,β-unsaturated/α-hetero) is 1. The van der Waals surface area contributed by atoms with Gasteiger partial charge in [0.05, 0.1) is 0 Å². The van der Waals surface area contributed by atoms with Crippen LogP contribution in [0.1, 0.15) is 46.5 Å². The van der Waals surface area contributed by atoms with Crippen LogP contribution in [0, 0.1) is 0 Å². The van der Waals surface area contributed by atoms with Crippen molar-refractivity contribution in [3.63, 3.8) is 0 Å². The molecular formula is C11H18O2. The zero-order chi connectivity index (χ0) is 10.3. The van der Waals surface area contributed by atoms with Crippen LogP contribution >= 0.6 is 0 Å². The van der Waals surface area contributed by atoms with Gasteiger partial charge in [0, 0.05) is 6.42 Å². The van der Waals surface area contributed by atoms with Crippen molar-refractivity contribution in [2.45, 2.75) is 46.5 Å². The van der Waals surface area contributed by atoms with E-state index in [1.807, 2.05) is 13.8 Å². The first-order valence-electron chi connectivity index (χ1n) is 4.69. The lowest BCUT2D eigenvalue weighted by Gasteiger charge is -2.01. The van der Waals surface area contributed by atoms with E-state index in [0.717, 1.165) is 36.7 Å². The smallest absolute Gasteiger partial charge is 0.145 e. The molecule has 0 aliphatic heterocycles. The fourth-order valence-corrected chi connectivity index (χ4v) is 1.06. The van der Waals surface area contributed by atoms with Crippen molar-refractivity contribution in [2.75, 3.05) is 0 Å². The minimum Gasteiger partial charge on any atom is -0.300 e. The highest BCUT2D eigenvalue weighted by Crippen LogP contribution is 2.11. The SMILES string of the molecule is CC(=O)CCCC/C(C)=C(\C)C=O. The second-order valence-electron chi connectivity index (χ2n) is 3.49. The average molecular weight is 182 g/mol. The van der Waals surface area contributed by atoms with Gasteiger partial charge in [-0.15, -0.1) is 0 Å². The second kappa shape index (κ2) is 6.58. The van der Waals surface area contributed by atoms with Crippen molar-refractivity contribution in [2.24, 2.45) is 0 Å². The van der Waals surface area contributed by atoms with Crippen LogP contribution in [0.15, 0.2) is 11.1 Å². The molecule has 0 aliphatic carbocycles. The zero-order valence-corrected chi connectivity index (χ0v) is 8.72. The van der Waals surface area contributed by atoms with Crippen LogP contribution in [0.5, 0.6) is 0 Å². The van der Waals surface area contributed by atoms with Crippen molar-refractivity contribution in [1.82, 2.24) is 0 Å². The van der Waals surface area contributed by atoms with Gasteiger partial charge in [-0.2, -0.15) is 0 Å². The van der Waals surface area contributed by atoms with E-state index < -0.39 is 0 Å². The van der Waals surface area contributed by atoms with Crippen molar-refractivity contribution >= 4 is 12.1 Å². The molecule has 0 saturated heterocycles. The molecule has 0 aromatic carbocycles. The second-order valence-corrected chi connectivity index (χ2v) is 3.49. The summed E-state index contributed by atoms with van der Waals surface area (Å²) in [6, 6.07) is 0. The Bertz CT molecular complexity index is 214. The number of carbonyl (C=O) groups excluding carboxylic acids is 2. The number of hydrogen-bond donors (Lipinski definition) is 0. The summed E-state index contributed by atoms with van der Waals surface area (Å²) in [4.78, 5) is 21.0. The molecule has 74 valence electrons. The first-order valence-corrected chi connectivity index (χ1v) is 4.69. The van der Waals surface area contributed by atoms with Gasteiger partial charge in [0.15, 0.2) is 0 Å². The molecule has 0 rings (SSSR count). The molecule has 2 nitrogen and oxygen atoms in total. The summed E-state index contributed by atoms with van der Waals surface area (Å²) in [6.45, 7) is 5.41. The fraction of sp³-hybridized carbons (Fsp3) is 0.636. The summed E-state index contributed by atoms with van der Waals surface area (Å²) in [7, 11) is 0. The van der Waals surface area contributed by atoms with Crippen molar-refractivity contribution in [3.8, 4) is 0 Å². The minimum absolute atomic E-state index is 0.244. The molecule has 0 fully saturated rings. The van der Waals surface area contributed by atoms with E-state index in [-0.39, 0.29) is 5.78 Å². The average Bonchev–Trinajstić information content (AvgIpc) is 2.10. The molecule has 0 aliphatic rings. The monoisotopic (exact) mass is 182 g/mol. The molecule has 2 heteroatoms. The van der Waals surface area contributed by atoms with Crippen molar-refractivity contribution in [1.29, 1.82) is 0 Å². The number of ketones is 1. The largest absolute Gasteiger partial charge is 0.300 e. The van der Waals surface area contributed by atoms with Crippen molar-refractivity contribution < 1.29 is 9.59 Å². The summed E-state index contributed by atoms with van der Waals surface area (Å²) >= 11 is 0. The van der Waals surface area contributed by atoms with E-state index in [1.165, 1.54) is 0 Å². The normalized spacial score (nSPS) is 12.2. The summed E-state index contributed by atoms with van der Waals surface area (Å²) in [5.74, 6) is 0.244. The Morgan fingerprint density at radius 3 is 2.08 bits per heavy atom. The standard InChI is InChI=1S/C11H18O2/c1-9(10(2)8-12)6-4-5-7-11(3)13/h8H,4-7H2,1-3H3/b10-9+. The fourth-order valence-electron chi connectivity index (χ4n) is 1.06. The van der Waals surface area contributed by atoms with Gasteiger partial charge in [0.2, 0.25) is 0 Å². The highest BCUT2D eigenvalue weighted by atomic mass is 16.1. The van der Waals surface area contributed by atoms with Gasteiger partial charge in [0.25, 0.3) is 0 Å². The Labute approximate surface area is 80.0 Å². The maximum Gasteiger partial charge on any atom is 0.145 e. The van der Waals surface area contributed by atoms with Crippen LogP contribution in [0.3, 0.4) is 0 Å². The van der Waals surface area contributed by atoms with Gasteiger partial charge < -0.3 is 4.79 Å². The first-order chi connectivity index (χ1) is 6.07. The summed E-state index contributed by atoms with van der Waals surface area (Å²) in [5, 5.41) is 0. The number of rotatable bonds is 6. The third-order valence-electron chi connectivity index (χ3n) is 2.18. The third-order valence-corrected chi connectivity index (χ3v) is 2.18. The van der Waals surface area contributed by atoms with E-state index in [4.69, 9.17) is 0 Å². The van der Waals surface area contributed by atoms with Gasteiger partial charge in [-0.05, 0) is 45.6 Å². The topological polar surface area (TPSA) is 34.1 Å². The Balaban J connectivity index is 3.65. The summed E-state index contributed by atoms with van der Waals surface area (Å²) in [5.41, 5.74) is 1.96. The highest BCUT2D eigenvalue weighted by molar-refractivity contribution is 5.75. The van der Waals surface area contributed by atoms with Crippen LogP contribution in [0.25, 0.3) is 0 Å². The van der Waals surface area contributed by atoms with Gasteiger partial charge in [0.1, 0.15) is 12.1 Å². The molecule has 0 aromatic heterocycles. The lowest BCUT2D eigenvalue weighted by Crippen LogP contribution is -1.91. The molecule has 0 spiro atoms. The van der Waals surface area contributed by atoms with Crippen LogP contribution in [0.2, 0.25) is 0 Å².